The summed E-state index contributed by atoms with van der Waals surface area (Å²) in [5.74, 6) is 1.19. The fourth-order valence-corrected chi connectivity index (χ4v) is 0.0833. The summed E-state index contributed by atoms with van der Waals surface area (Å²) in [6, 6.07) is 0. The number of rotatable bonds is 2. The average Bonchev–Trinajstić information content (AvgIpc) is 2.03. The summed E-state index contributed by atoms with van der Waals surface area (Å²) < 4.78 is 0. The van der Waals surface area contributed by atoms with Crippen molar-refractivity contribution in [3.05, 3.63) is 37.6 Å². The summed E-state index contributed by atoms with van der Waals surface area (Å²) >= 11 is 0. The highest BCUT2D eigenvalue weighted by molar-refractivity contribution is 5.98. The van der Waals surface area contributed by atoms with E-state index in [1.807, 2.05) is 5.73 Å². The van der Waals surface area contributed by atoms with Gasteiger partial charge >= 0.3 is 0 Å². The van der Waals surface area contributed by atoms with Gasteiger partial charge < -0.3 is 0 Å². The molecule has 0 aliphatic carbocycles. The molecule has 0 unspecified atom stereocenters. The van der Waals surface area contributed by atoms with Crippen LogP contribution in [0.15, 0.2) is 37.6 Å². The molecule has 0 saturated heterocycles. The molecule has 0 amide bonds. The zero-order chi connectivity index (χ0) is 8.41. The van der Waals surface area contributed by atoms with Gasteiger partial charge in [0.1, 0.15) is 0 Å². The Labute approximate surface area is 59.9 Å². The number of carbonyl (C=O) groups excluding carboxylic acids is 2. The van der Waals surface area contributed by atoms with Crippen LogP contribution in [0.1, 0.15) is 0 Å². The number of hydrogen-bond acceptors (Lipinski definition) is 2. The van der Waals surface area contributed by atoms with E-state index in [1.165, 1.54) is 18.1 Å². The van der Waals surface area contributed by atoms with E-state index in [0.717, 1.165) is 0 Å². The van der Waals surface area contributed by atoms with Crippen molar-refractivity contribution in [1.82, 2.24) is 0 Å². The van der Waals surface area contributed by atoms with Crippen LogP contribution in [-0.2, 0) is 9.59 Å². The van der Waals surface area contributed by atoms with Gasteiger partial charge in [-0.05, 0) is 24.5 Å². The summed E-state index contributed by atoms with van der Waals surface area (Å²) in [6.07, 6.45) is 2.43. The first-order valence-corrected chi connectivity index (χ1v) is 2.41. The molecule has 0 saturated carbocycles. The molecule has 0 spiro atoms. The normalized spacial score (nSPS) is 5.20. The van der Waals surface area contributed by atoms with E-state index in [4.69, 9.17) is 4.79 Å². The van der Waals surface area contributed by atoms with Gasteiger partial charge in [0.2, 0.25) is 0 Å². The van der Waals surface area contributed by atoms with Crippen LogP contribution in [0.3, 0.4) is 0 Å². The molecule has 2 heteroatoms. The van der Waals surface area contributed by atoms with Crippen molar-refractivity contribution in [3.63, 3.8) is 0 Å². The Hall–Kier alpha value is -1.62. The summed E-state index contributed by atoms with van der Waals surface area (Å²) in [5.41, 5.74) is 1.88. The lowest BCUT2D eigenvalue weighted by Crippen LogP contribution is -1.78. The Kier molecular flexibility index (Phi) is 11.6. The van der Waals surface area contributed by atoms with Crippen molar-refractivity contribution in [1.29, 1.82) is 0 Å². The Morgan fingerprint density at radius 3 is 1.60 bits per heavy atom. The lowest BCUT2D eigenvalue weighted by atomic mass is 10.4. The lowest BCUT2D eigenvalue weighted by Gasteiger charge is -1.68. The van der Waals surface area contributed by atoms with Crippen molar-refractivity contribution in [3.8, 4) is 0 Å². The van der Waals surface area contributed by atoms with E-state index < -0.39 is 0 Å². The second-order valence-electron chi connectivity index (χ2n) is 1.09. The minimum absolute atomic E-state index is 0.130. The summed E-state index contributed by atoms with van der Waals surface area (Å²) in [5, 5.41) is 0. The predicted molar refractivity (Wildman–Crippen MR) is 40.2 cm³/mol. The van der Waals surface area contributed by atoms with Crippen LogP contribution >= 0.6 is 0 Å². The summed E-state index contributed by atoms with van der Waals surface area (Å²) in [4.78, 5) is 18.8. The van der Waals surface area contributed by atoms with Gasteiger partial charge in [-0.15, -0.1) is 0 Å². The largest absolute Gasteiger partial charge is 0.290 e. The molecule has 0 fully saturated rings. The molecule has 2 nitrogen and oxygen atoms in total. The van der Waals surface area contributed by atoms with Crippen LogP contribution in [0.5, 0.6) is 0 Å². The number of ketones is 1. The van der Waals surface area contributed by atoms with Gasteiger partial charge in [0.25, 0.3) is 0 Å². The minimum atomic E-state index is -0.130. The predicted octanol–water partition coefficient (Wildman–Crippen LogP) is 1.09. The lowest BCUT2D eigenvalue weighted by molar-refractivity contribution is -0.110. The molecule has 10 heavy (non-hydrogen) atoms. The topological polar surface area (TPSA) is 34.1 Å². The van der Waals surface area contributed by atoms with Gasteiger partial charge in [0.05, 0.1) is 0 Å². The molecule has 0 radical (unpaired) electrons. The van der Waals surface area contributed by atoms with E-state index >= 15 is 0 Å². The van der Waals surface area contributed by atoms with Crippen molar-refractivity contribution in [2.45, 2.75) is 0 Å². The van der Waals surface area contributed by atoms with E-state index in [0.29, 0.717) is 0 Å². The maximum Gasteiger partial charge on any atom is 0.177 e. The summed E-state index contributed by atoms with van der Waals surface area (Å²) in [6.45, 7) is 9.35. The fraction of sp³-hybridized carbons (Fsp3) is 0. The van der Waals surface area contributed by atoms with Gasteiger partial charge in [-0.25, -0.2) is 4.79 Å². The van der Waals surface area contributed by atoms with E-state index in [9.17, 15) is 4.79 Å². The molecule has 0 aliphatic heterocycles. The maximum absolute atomic E-state index is 9.94. The van der Waals surface area contributed by atoms with E-state index in [-0.39, 0.29) is 5.78 Å². The van der Waals surface area contributed by atoms with Crippen molar-refractivity contribution in [2.75, 3.05) is 0 Å². The van der Waals surface area contributed by atoms with Crippen LogP contribution < -0.4 is 0 Å². The molecule has 0 N–H and O–H groups in total. The van der Waals surface area contributed by atoms with Crippen LogP contribution in [-0.4, -0.2) is 11.7 Å². The van der Waals surface area contributed by atoms with Gasteiger partial charge in [-0.3, -0.25) is 4.79 Å². The second-order valence-corrected chi connectivity index (χ2v) is 1.09. The Bertz CT molecular complexity index is 171. The van der Waals surface area contributed by atoms with Crippen LogP contribution in [0.25, 0.3) is 0 Å². The average molecular weight is 136 g/mol. The number of carbonyl (C=O) groups is 1. The second kappa shape index (κ2) is 10.4. The van der Waals surface area contributed by atoms with E-state index in [1.54, 1.807) is 0 Å². The molecule has 0 aromatic rings. The molecule has 0 heterocycles. The van der Waals surface area contributed by atoms with Crippen LogP contribution in [0.4, 0.5) is 0 Å². The van der Waals surface area contributed by atoms with Gasteiger partial charge in [-0.1, -0.05) is 13.2 Å². The molecule has 0 atom stereocenters. The van der Waals surface area contributed by atoms with Crippen molar-refractivity contribution < 1.29 is 9.59 Å². The van der Waals surface area contributed by atoms with Crippen LogP contribution in [0, 0.1) is 0 Å². The Balaban J connectivity index is 0. The zero-order valence-corrected chi connectivity index (χ0v) is 5.59. The zero-order valence-electron chi connectivity index (χ0n) is 5.59. The van der Waals surface area contributed by atoms with E-state index in [2.05, 4.69) is 19.7 Å². The third-order valence-electron chi connectivity index (χ3n) is 0.475. The van der Waals surface area contributed by atoms with Gasteiger partial charge in [0.15, 0.2) is 11.7 Å². The Morgan fingerprint density at radius 1 is 1.30 bits per heavy atom. The molecular formula is C8H8O2. The molecule has 0 rings (SSSR count). The fourth-order valence-electron chi connectivity index (χ4n) is 0.0833. The monoisotopic (exact) mass is 136 g/mol. The molecule has 0 bridgehead atoms. The SMILES string of the molecule is C=C=C=O.C=CC(=O)C=C. The quantitative estimate of drug-likeness (QED) is 0.323. The first kappa shape index (κ1) is 11.2. The van der Waals surface area contributed by atoms with Gasteiger partial charge in [0, 0.05) is 0 Å². The van der Waals surface area contributed by atoms with Gasteiger partial charge in [-0.2, -0.15) is 0 Å². The first-order chi connectivity index (χ1) is 4.72. The highest BCUT2D eigenvalue weighted by Gasteiger charge is 1.75. The molecule has 52 valence electrons. The molecule has 0 aromatic carbocycles. The first-order valence-electron chi connectivity index (χ1n) is 2.41. The molecule has 0 aromatic heterocycles. The highest BCUT2D eigenvalue weighted by atomic mass is 16.1. The summed E-state index contributed by atoms with van der Waals surface area (Å²) in [7, 11) is 0. The highest BCUT2D eigenvalue weighted by Crippen LogP contribution is 1.68. The third-order valence-corrected chi connectivity index (χ3v) is 0.475. The smallest absolute Gasteiger partial charge is 0.177 e. The third kappa shape index (κ3) is 16.2. The maximum atomic E-state index is 9.94. The molecule has 0 aliphatic rings. The number of allylic oxidation sites excluding steroid dienone is 2. The van der Waals surface area contributed by atoms with Crippen molar-refractivity contribution in [2.24, 2.45) is 0 Å². The Morgan fingerprint density at radius 2 is 1.60 bits per heavy atom. The standard InChI is InChI=1S/C5H6O.C3H2O/c1-3-5(6)4-2;1-2-3-4/h3-4H,1-2H2;1H2. The number of hydrogen-bond donors (Lipinski definition) is 0. The minimum Gasteiger partial charge on any atom is -0.290 e. The van der Waals surface area contributed by atoms with Crippen LogP contribution in [0.2, 0.25) is 0 Å². The van der Waals surface area contributed by atoms with Crippen molar-refractivity contribution >= 4 is 11.7 Å². The molecular weight excluding hydrogens is 128 g/mol.